The summed E-state index contributed by atoms with van der Waals surface area (Å²) >= 11 is 4.98. The van der Waals surface area contributed by atoms with Crippen molar-refractivity contribution < 1.29 is 9.34 Å². The largest absolute Gasteiger partial charge is 0.455 e. The van der Waals surface area contributed by atoms with E-state index in [2.05, 4.69) is 15.8 Å². The molecule has 23 heavy (non-hydrogen) atoms. The number of hydrogen-bond donors (Lipinski definition) is 2. The van der Waals surface area contributed by atoms with Crippen LogP contribution < -0.4 is 10.7 Å². The van der Waals surface area contributed by atoms with Crippen LogP contribution in [0, 0.1) is 17.0 Å². The minimum atomic E-state index is -0.431. The van der Waals surface area contributed by atoms with Crippen molar-refractivity contribution in [1.82, 2.24) is 10.7 Å². The first kappa shape index (κ1) is 16.6. The minimum Gasteiger partial charge on any atom is -0.455 e. The van der Waals surface area contributed by atoms with E-state index in [1.54, 1.807) is 18.2 Å². The normalized spacial score (nSPS) is 10.7. The quantitative estimate of drug-likeness (QED) is 0.378. The third-order valence-electron chi connectivity index (χ3n) is 3.02. The summed E-state index contributed by atoms with van der Waals surface area (Å²) in [6.45, 7) is 4.50. The molecule has 0 amide bonds. The maximum absolute atomic E-state index is 10.9. The number of thiocarbonyl (C=S) groups is 1. The first-order valence-electron chi connectivity index (χ1n) is 6.93. The van der Waals surface area contributed by atoms with Crippen LogP contribution in [0.15, 0.2) is 39.9 Å². The molecule has 0 unspecified atom stereocenters. The van der Waals surface area contributed by atoms with Crippen LogP contribution in [0.4, 0.5) is 5.69 Å². The summed E-state index contributed by atoms with van der Waals surface area (Å²) in [4.78, 5) is 10.5. The van der Waals surface area contributed by atoms with E-state index in [9.17, 15) is 10.1 Å². The Balaban J connectivity index is 2.16. The molecule has 0 aliphatic heterocycles. The third-order valence-corrected chi connectivity index (χ3v) is 3.26. The molecule has 0 saturated carbocycles. The van der Waals surface area contributed by atoms with Gasteiger partial charge >= 0.3 is 0 Å². The molecule has 1 heterocycles. The number of nitrogens with zero attached hydrogens (tertiary/aromatic N) is 2. The fourth-order valence-corrected chi connectivity index (χ4v) is 2.11. The molecular weight excluding hydrogens is 316 g/mol. The number of nitro benzene ring substituents is 1. The van der Waals surface area contributed by atoms with Gasteiger partial charge in [-0.05, 0) is 43.8 Å². The van der Waals surface area contributed by atoms with Crippen molar-refractivity contribution in [2.45, 2.75) is 13.8 Å². The molecule has 0 aliphatic rings. The van der Waals surface area contributed by atoms with Gasteiger partial charge in [-0.2, -0.15) is 5.10 Å². The lowest BCUT2D eigenvalue weighted by molar-refractivity contribution is -0.384. The first-order chi connectivity index (χ1) is 11.0. The van der Waals surface area contributed by atoms with E-state index >= 15 is 0 Å². The molecule has 0 spiro atoms. The minimum absolute atomic E-state index is 0.0230. The number of furan rings is 1. The van der Waals surface area contributed by atoms with Gasteiger partial charge in [-0.15, -0.1) is 0 Å². The van der Waals surface area contributed by atoms with Gasteiger partial charge in [0.05, 0.1) is 11.1 Å². The Hall–Kier alpha value is -2.74. The number of benzene rings is 1. The van der Waals surface area contributed by atoms with Gasteiger partial charge in [-0.1, -0.05) is 6.07 Å². The average molecular weight is 332 g/mol. The topological polar surface area (TPSA) is 92.7 Å². The Bertz CT molecular complexity index is 755. The SMILES string of the molecule is CCNC(=S)N/N=C\c1ccc(-c2cc([N+](=O)[O-])ccc2C)o1. The van der Waals surface area contributed by atoms with Gasteiger partial charge in [0.25, 0.3) is 5.69 Å². The number of hydrazone groups is 1. The van der Waals surface area contributed by atoms with Crippen molar-refractivity contribution >= 4 is 29.2 Å². The Morgan fingerprint density at radius 3 is 2.91 bits per heavy atom. The molecule has 2 aromatic rings. The average Bonchev–Trinajstić information content (AvgIpc) is 2.96. The fraction of sp³-hybridized carbons (Fsp3) is 0.200. The molecule has 0 aliphatic carbocycles. The molecule has 1 aromatic heterocycles. The van der Waals surface area contributed by atoms with Crippen molar-refractivity contribution in [3.05, 3.63) is 51.8 Å². The highest BCUT2D eigenvalue weighted by atomic mass is 32.1. The van der Waals surface area contributed by atoms with Gasteiger partial charge < -0.3 is 9.73 Å². The second-order valence-electron chi connectivity index (χ2n) is 4.69. The van der Waals surface area contributed by atoms with Gasteiger partial charge in [0.2, 0.25) is 0 Å². The number of nitro groups is 1. The van der Waals surface area contributed by atoms with E-state index in [0.717, 1.165) is 5.56 Å². The van der Waals surface area contributed by atoms with E-state index in [4.69, 9.17) is 16.6 Å². The predicted octanol–water partition coefficient (Wildman–Crippen LogP) is 2.98. The van der Waals surface area contributed by atoms with E-state index in [0.29, 0.717) is 28.7 Å². The number of hydrogen-bond acceptors (Lipinski definition) is 5. The van der Waals surface area contributed by atoms with Gasteiger partial charge in [0.1, 0.15) is 11.5 Å². The summed E-state index contributed by atoms with van der Waals surface area (Å²) in [5.74, 6) is 1.06. The molecule has 0 saturated heterocycles. The van der Waals surface area contributed by atoms with Crippen LogP contribution in [-0.2, 0) is 0 Å². The van der Waals surface area contributed by atoms with Crippen LogP contribution in [0.1, 0.15) is 18.2 Å². The Morgan fingerprint density at radius 2 is 2.22 bits per heavy atom. The van der Waals surface area contributed by atoms with Gasteiger partial charge in [-0.25, -0.2) is 0 Å². The smallest absolute Gasteiger partial charge is 0.270 e. The second-order valence-corrected chi connectivity index (χ2v) is 5.10. The molecule has 2 rings (SSSR count). The van der Waals surface area contributed by atoms with Crippen molar-refractivity contribution in [2.75, 3.05) is 6.54 Å². The lowest BCUT2D eigenvalue weighted by atomic mass is 10.1. The zero-order valence-electron chi connectivity index (χ0n) is 12.7. The maximum atomic E-state index is 10.9. The highest BCUT2D eigenvalue weighted by molar-refractivity contribution is 7.80. The third kappa shape index (κ3) is 4.36. The molecule has 1 aromatic carbocycles. The molecule has 2 N–H and O–H groups in total. The molecule has 0 atom stereocenters. The molecule has 7 nitrogen and oxygen atoms in total. The first-order valence-corrected chi connectivity index (χ1v) is 7.34. The monoisotopic (exact) mass is 332 g/mol. The van der Waals surface area contributed by atoms with Crippen molar-refractivity contribution in [2.24, 2.45) is 5.10 Å². The standard InChI is InChI=1S/C15H16N4O3S/c1-3-16-15(23)18-17-9-12-6-7-14(22-12)13-8-11(19(20)21)5-4-10(13)2/h4-9H,3H2,1-2H3,(H2,16,18,23)/b17-9-. The summed E-state index contributed by atoms with van der Waals surface area (Å²) in [7, 11) is 0. The van der Waals surface area contributed by atoms with Gasteiger partial charge in [0, 0.05) is 24.2 Å². The lowest BCUT2D eigenvalue weighted by Gasteiger charge is -2.02. The van der Waals surface area contributed by atoms with Crippen molar-refractivity contribution in [1.29, 1.82) is 0 Å². The van der Waals surface area contributed by atoms with Crippen LogP contribution in [0.2, 0.25) is 0 Å². The summed E-state index contributed by atoms with van der Waals surface area (Å²) in [5.41, 5.74) is 4.24. The van der Waals surface area contributed by atoms with Crippen molar-refractivity contribution in [3.63, 3.8) is 0 Å². The van der Waals surface area contributed by atoms with Crippen molar-refractivity contribution in [3.8, 4) is 11.3 Å². The Kier molecular flexibility index (Phi) is 5.42. The molecule has 0 fully saturated rings. The van der Waals surface area contributed by atoms with E-state index in [1.165, 1.54) is 18.3 Å². The molecule has 120 valence electrons. The number of rotatable bonds is 5. The number of non-ortho nitro benzene ring substituents is 1. The number of nitrogens with one attached hydrogen (secondary N) is 2. The Morgan fingerprint density at radius 1 is 1.43 bits per heavy atom. The van der Waals surface area contributed by atoms with E-state index < -0.39 is 4.92 Å². The van der Waals surface area contributed by atoms with E-state index in [-0.39, 0.29) is 5.69 Å². The highest BCUT2D eigenvalue weighted by Gasteiger charge is 2.12. The zero-order chi connectivity index (χ0) is 16.8. The maximum Gasteiger partial charge on any atom is 0.270 e. The fourth-order valence-electron chi connectivity index (χ4n) is 1.91. The molecule has 0 radical (unpaired) electrons. The summed E-state index contributed by atoms with van der Waals surface area (Å²) in [6.07, 6.45) is 1.49. The lowest BCUT2D eigenvalue weighted by Crippen LogP contribution is -2.31. The van der Waals surface area contributed by atoms with Crippen LogP contribution in [0.25, 0.3) is 11.3 Å². The summed E-state index contributed by atoms with van der Waals surface area (Å²) < 4.78 is 5.65. The van der Waals surface area contributed by atoms with Gasteiger partial charge in [0.15, 0.2) is 5.11 Å². The van der Waals surface area contributed by atoms with E-state index in [1.807, 2.05) is 13.8 Å². The molecule has 8 heteroatoms. The van der Waals surface area contributed by atoms with Crippen LogP contribution in [0.3, 0.4) is 0 Å². The molecule has 0 bridgehead atoms. The zero-order valence-corrected chi connectivity index (χ0v) is 13.5. The highest BCUT2D eigenvalue weighted by Crippen LogP contribution is 2.28. The molecular formula is C15H16N4O3S. The van der Waals surface area contributed by atoms with Crippen LogP contribution in [0.5, 0.6) is 0 Å². The summed E-state index contributed by atoms with van der Waals surface area (Å²) in [5, 5.41) is 18.2. The van der Waals surface area contributed by atoms with Crippen LogP contribution >= 0.6 is 12.2 Å². The summed E-state index contributed by atoms with van der Waals surface area (Å²) in [6, 6.07) is 8.13. The van der Waals surface area contributed by atoms with Gasteiger partial charge in [-0.3, -0.25) is 15.5 Å². The Labute approximate surface area is 138 Å². The number of aryl methyl sites for hydroxylation is 1. The predicted molar refractivity (Wildman–Crippen MR) is 92.5 cm³/mol. The second kappa shape index (κ2) is 7.50. The van der Waals surface area contributed by atoms with Crippen LogP contribution in [-0.4, -0.2) is 22.8 Å².